The van der Waals surface area contributed by atoms with E-state index in [9.17, 15) is 4.79 Å². The van der Waals surface area contributed by atoms with Crippen LogP contribution in [-0.2, 0) is 9.53 Å². The molecule has 0 amide bonds. The molecule has 1 aromatic rings. The molecule has 0 heterocycles. The summed E-state index contributed by atoms with van der Waals surface area (Å²) in [7, 11) is 0. The second kappa shape index (κ2) is 5.85. The fourth-order valence-corrected chi connectivity index (χ4v) is 1.98. The Morgan fingerprint density at radius 1 is 1.24 bits per heavy atom. The fourth-order valence-electron chi connectivity index (χ4n) is 1.17. The molecule has 0 aliphatic heterocycles. The molecule has 94 valence electrons. The van der Waals surface area contributed by atoms with E-state index in [1.54, 1.807) is 6.07 Å². The SMILES string of the molecule is CC(=O)O[C@H](c1ccc(Cl)c(Cl)c1)C(Cl)(Cl)Cl. The molecule has 0 aliphatic rings. The van der Waals surface area contributed by atoms with E-state index in [0.717, 1.165) is 0 Å². The van der Waals surface area contributed by atoms with Crippen molar-refractivity contribution in [3.8, 4) is 0 Å². The lowest BCUT2D eigenvalue weighted by Crippen LogP contribution is -2.22. The van der Waals surface area contributed by atoms with Crippen molar-refractivity contribution >= 4 is 64.0 Å². The van der Waals surface area contributed by atoms with Crippen molar-refractivity contribution in [3.05, 3.63) is 33.8 Å². The molecule has 1 atom stereocenters. The van der Waals surface area contributed by atoms with Gasteiger partial charge in [0, 0.05) is 6.92 Å². The van der Waals surface area contributed by atoms with Gasteiger partial charge in [0.15, 0.2) is 6.10 Å². The molecular weight excluding hydrogens is 329 g/mol. The van der Waals surface area contributed by atoms with E-state index in [1.807, 2.05) is 0 Å². The monoisotopic (exact) mass is 334 g/mol. The zero-order valence-corrected chi connectivity index (χ0v) is 12.3. The molecule has 0 spiro atoms. The molecule has 0 N–H and O–H groups in total. The maximum atomic E-state index is 11.0. The number of rotatable bonds is 2. The summed E-state index contributed by atoms with van der Waals surface area (Å²) in [6.07, 6.45) is -1.04. The highest BCUT2D eigenvalue weighted by atomic mass is 35.6. The Morgan fingerprint density at radius 3 is 2.24 bits per heavy atom. The number of alkyl halides is 3. The van der Waals surface area contributed by atoms with Crippen molar-refractivity contribution in [3.63, 3.8) is 0 Å². The number of esters is 1. The predicted molar refractivity (Wildman–Crippen MR) is 71.3 cm³/mol. The molecule has 2 nitrogen and oxygen atoms in total. The Kier molecular flexibility index (Phi) is 5.23. The maximum Gasteiger partial charge on any atom is 0.303 e. The second-order valence-corrected chi connectivity index (χ2v) is 6.39. The summed E-state index contributed by atoms with van der Waals surface area (Å²) in [5.41, 5.74) is 0.453. The molecule has 0 aliphatic carbocycles. The first-order valence-electron chi connectivity index (χ1n) is 4.40. The summed E-state index contributed by atoms with van der Waals surface area (Å²) in [6, 6.07) is 4.59. The van der Waals surface area contributed by atoms with Gasteiger partial charge in [-0.1, -0.05) is 64.1 Å². The zero-order chi connectivity index (χ0) is 13.2. The van der Waals surface area contributed by atoms with Crippen LogP contribution in [-0.4, -0.2) is 9.76 Å². The predicted octanol–water partition coefficient (Wildman–Crippen LogP) is 4.97. The largest absolute Gasteiger partial charge is 0.453 e. The van der Waals surface area contributed by atoms with Crippen molar-refractivity contribution < 1.29 is 9.53 Å². The van der Waals surface area contributed by atoms with Gasteiger partial charge >= 0.3 is 5.97 Å². The van der Waals surface area contributed by atoms with Crippen LogP contribution in [0.25, 0.3) is 0 Å². The first-order valence-corrected chi connectivity index (χ1v) is 6.29. The van der Waals surface area contributed by atoms with E-state index < -0.39 is 15.9 Å². The molecule has 0 radical (unpaired) electrons. The minimum Gasteiger partial charge on any atom is -0.453 e. The maximum absolute atomic E-state index is 11.0. The van der Waals surface area contributed by atoms with Gasteiger partial charge in [-0.3, -0.25) is 4.79 Å². The van der Waals surface area contributed by atoms with Crippen molar-refractivity contribution in [1.29, 1.82) is 0 Å². The van der Waals surface area contributed by atoms with Crippen molar-refractivity contribution in [1.82, 2.24) is 0 Å². The van der Waals surface area contributed by atoms with Crippen LogP contribution < -0.4 is 0 Å². The first-order chi connectivity index (χ1) is 7.71. The lowest BCUT2D eigenvalue weighted by atomic mass is 10.1. The molecule has 7 heteroatoms. The van der Waals surface area contributed by atoms with Crippen LogP contribution in [0.3, 0.4) is 0 Å². The summed E-state index contributed by atoms with van der Waals surface area (Å²) in [5.74, 6) is -0.563. The van der Waals surface area contributed by atoms with E-state index in [4.69, 9.17) is 62.7 Å². The normalized spacial score (nSPS) is 13.3. The van der Waals surface area contributed by atoms with Crippen molar-refractivity contribution in [2.45, 2.75) is 16.8 Å². The van der Waals surface area contributed by atoms with Gasteiger partial charge in [-0.15, -0.1) is 0 Å². The molecule has 0 saturated carbocycles. The van der Waals surface area contributed by atoms with E-state index >= 15 is 0 Å². The van der Waals surface area contributed by atoms with Gasteiger partial charge in [-0.05, 0) is 17.7 Å². The molecule has 0 bridgehead atoms. The van der Waals surface area contributed by atoms with Gasteiger partial charge in [0.25, 0.3) is 0 Å². The molecule has 17 heavy (non-hydrogen) atoms. The Morgan fingerprint density at radius 2 is 1.82 bits per heavy atom. The van der Waals surface area contributed by atoms with Crippen molar-refractivity contribution in [2.75, 3.05) is 0 Å². The average Bonchev–Trinajstić information content (AvgIpc) is 2.17. The summed E-state index contributed by atoms with van der Waals surface area (Å²) < 4.78 is 3.17. The molecule has 0 saturated heterocycles. The van der Waals surface area contributed by atoms with Gasteiger partial charge in [0.05, 0.1) is 10.0 Å². The number of hydrogen-bond donors (Lipinski definition) is 0. The Hall–Kier alpha value is 0.140. The standard InChI is InChI=1S/C10H7Cl5O2/c1-5(16)17-9(10(13,14)15)6-2-3-7(11)8(12)4-6/h2-4,9H,1H3/t9-/m1/s1. The highest BCUT2D eigenvalue weighted by Crippen LogP contribution is 2.43. The number of hydrogen-bond acceptors (Lipinski definition) is 2. The van der Waals surface area contributed by atoms with Crippen LogP contribution in [0.4, 0.5) is 0 Å². The first kappa shape index (κ1) is 15.2. The number of benzene rings is 1. The lowest BCUT2D eigenvalue weighted by molar-refractivity contribution is -0.146. The molecule has 0 fully saturated rings. The smallest absolute Gasteiger partial charge is 0.303 e. The summed E-state index contributed by atoms with van der Waals surface area (Å²) in [4.78, 5) is 11.0. The topological polar surface area (TPSA) is 26.3 Å². The number of halogens is 5. The Balaban J connectivity index is 3.13. The third kappa shape index (κ3) is 4.38. The van der Waals surface area contributed by atoms with E-state index in [-0.39, 0.29) is 5.02 Å². The third-order valence-electron chi connectivity index (χ3n) is 1.83. The van der Waals surface area contributed by atoms with Gasteiger partial charge in [-0.25, -0.2) is 0 Å². The minimum atomic E-state index is -1.79. The van der Waals surface area contributed by atoms with Crippen LogP contribution in [0.15, 0.2) is 18.2 Å². The van der Waals surface area contributed by atoms with Crippen molar-refractivity contribution in [2.24, 2.45) is 0 Å². The van der Waals surface area contributed by atoms with Crippen LogP contribution >= 0.6 is 58.0 Å². The van der Waals surface area contributed by atoms with Gasteiger partial charge in [0.1, 0.15) is 0 Å². The number of ether oxygens (including phenoxy) is 1. The summed E-state index contributed by atoms with van der Waals surface area (Å²) in [6.45, 7) is 1.22. The number of carbonyl (C=O) groups excluding carboxylic acids is 1. The molecular formula is C10H7Cl5O2. The second-order valence-electron chi connectivity index (χ2n) is 3.20. The highest BCUT2D eigenvalue weighted by Gasteiger charge is 2.37. The average molecular weight is 336 g/mol. The van der Waals surface area contributed by atoms with Crippen LogP contribution in [0.1, 0.15) is 18.6 Å². The molecule has 0 aromatic heterocycles. The molecule has 0 unspecified atom stereocenters. The van der Waals surface area contributed by atoms with Gasteiger partial charge < -0.3 is 4.74 Å². The lowest BCUT2D eigenvalue weighted by Gasteiger charge is -2.24. The van der Waals surface area contributed by atoms with E-state index in [2.05, 4.69) is 0 Å². The van der Waals surface area contributed by atoms with Crippen LogP contribution in [0.5, 0.6) is 0 Å². The molecule has 1 aromatic carbocycles. The van der Waals surface area contributed by atoms with E-state index in [1.165, 1.54) is 19.1 Å². The summed E-state index contributed by atoms with van der Waals surface area (Å²) >= 11 is 28.9. The minimum absolute atomic E-state index is 0.288. The van der Waals surface area contributed by atoms with Crippen LogP contribution in [0.2, 0.25) is 10.0 Å². The van der Waals surface area contributed by atoms with Crippen LogP contribution in [0, 0.1) is 0 Å². The fraction of sp³-hybridized carbons (Fsp3) is 0.300. The quantitative estimate of drug-likeness (QED) is 0.563. The summed E-state index contributed by atoms with van der Waals surface area (Å²) in [5, 5.41) is 0.650. The highest BCUT2D eigenvalue weighted by molar-refractivity contribution is 6.68. The third-order valence-corrected chi connectivity index (χ3v) is 3.16. The van der Waals surface area contributed by atoms with Gasteiger partial charge in [0.2, 0.25) is 3.79 Å². The Labute approximate surface area is 124 Å². The zero-order valence-electron chi connectivity index (χ0n) is 8.52. The number of carbonyl (C=O) groups is 1. The Bertz CT molecular complexity index is 427. The van der Waals surface area contributed by atoms with Gasteiger partial charge in [-0.2, -0.15) is 0 Å². The van der Waals surface area contributed by atoms with E-state index in [0.29, 0.717) is 10.6 Å². The molecule has 1 rings (SSSR count).